The third-order valence-corrected chi connectivity index (χ3v) is 6.00. The summed E-state index contributed by atoms with van der Waals surface area (Å²) in [5.74, 6) is -0.241. The molecule has 9 heteroatoms. The number of nitrogen functional groups attached to an aromatic ring is 2. The molecule has 2 aromatic rings. The van der Waals surface area contributed by atoms with Crippen molar-refractivity contribution in [2.24, 2.45) is 0 Å². The minimum Gasteiger partial charge on any atom is -0.444 e. The maximum absolute atomic E-state index is 13.5. The van der Waals surface area contributed by atoms with E-state index >= 15 is 0 Å². The average molecular weight is 512 g/mol. The summed E-state index contributed by atoms with van der Waals surface area (Å²) in [5.41, 5.74) is 13.7. The normalized spacial score (nSPS) is 15.3. The highest BCUT2D eigenvalue weighted by Crippen LogP contribution is 2.25. The Kier molecular flexibility index (Phi) is 10.3. The first-order valence-electron chi connectivity index (χ1n) is 11.1. The van der Waals surface area contributed by atoms with Gasteiger partial charge in [-0.1, -0.05) is 24.3 Å². The number of aliphatic hydroxyl groups is 2. The Morgan fingerprint density at radius 3 is 1.50 bits per heavy atom. The van der Waals surface area contributed by atoms with Crippen molar-refractivity contribution in [3.63, 3.8) is 0 Å². The molecule has 0 aliphatic heterocycles. The number of nitrogens with zero attached hydrogens (tertiary/aromatic N) is 1. The lowest BCUT2D eigenvalue weighted by Crippen LogP contribution is -2.59. The Morgan fingerprint density at radius 1 is 0.853 bits per heavy atom. The molecule has 0 bridgehead atoms. The molecule has 6 N–H and O–H groups in total. The third-order valence-electron chi connectivity index (χ3n) is 5.37. The van der Waals surface area contributed by atoms with Crippen molar-refractivity contribution in [2.45, 2.75) is 63.5 Å². The highest BCUT2D eigenvalue weighted by molar-refractivity contribution is 6.18. The van der Waals surface area contributed by atoms with E-state index < -0.39 is 36.0 Å². The number of carbonyl (C=O) groups is 1. The number of hydrogen-bond donors (Lipinski definition) is 4. The predicted molar refractivity (Wildman–Crippen MR) is 138 cm³/mol. The monoisotopic (exact) mass is 511 g/mol. The summed E-state index contributed by atoms with van der Waals surface area (Å²) in [7, 11) is 0. The number of rotatable bonds is 10. The van der Waals surface area contributed by atoms with Gasteiger partial charge in [-0.25, -0.2) is 4.79 Å². The van der Waals surface area contributed by atoms with Crippen LogP contribution in [0.5, 0.6) is 0 Å². The van der Waals surface area contributed by atoms with Crippen LogP contribution in [0.1, 0.15) is 31.9 Å². The summed E-state index contributed by atoms with van der Waals surface area (Å²) in [5, 5.41) is 21.8. The number of anilines is 2. The fourth-order valence-electron chi connectivity index (χ4n) is 3.67. The number of amides is 1. The van der Waals surface area contributed by atoms with Crippen molar-refractivity contribution in [3.05, 3.63) is 59.7 Å². The molecule has 188 valence electrons. The second-order valence-electron chi connectivity index (χ2n) is 9.36. The minimum absolute atomic E-state index is 0.121. The Bertz CT molecular complexity index is 842. The number of ether oxygens (including phenoxy) is 1. The van der Waals surface area contributed by atoms with Gasteiger partial charge in [0.1, 0.15) is 5.60 Å². The van der Waals surface area contributed by atoms with Gasteiger partial charge in [0.15, 0.2) is 0 Å². The minimum atomic E-state index is -1.09. The first-order valence-corrected chi connectivity index (χ1v) is 12.2. The second-order valence-corrected chi connectivity index (χ2v) is 9.97. The molecule has 0 aromatic heterocycles. The molecule has 2 rings (SSSR count). The molecular weight excluding hydrogens is 477 g/mol. The largest absolute Gasteiger partial charge is 0.444 e. The molecule has 34 heavy (non-hydrogen) atoms. The van der Waals surface area contributed by atoms with Crippen LogP contribution < -0.4 is 11.5 Å². The third kappa shape index (κ3) is 8.24. The quantitative estimate of drug-likeness (QED) is 0.284. The molecule has 0 fully saturated rings. The van der Waals surface area contributed by atoms with E-state index in [9.17, 15) is 15.0 Å². The molecule has 0 aliphatic carbocycles. The van der Waals surface area contributed by atoms with E-state index in [0.717, 1.165) is 11.1 Å². The van der Waals surface area contributed by atoms with Crippen molar-refractivity contribution in [2.75, 3.05) is 23.2 Å². The number of hydrogen-bond acceptors (Lipinski definition) is 6. The molecule has 4 atom stereocenters. The van der Waals surface area contributed by atoms with Gasteiger partial charge in [0.05, 0.1) is 36.1 Å². The molecule has 0 aliphatic rings. The van der Waals surface area contributed by atoms with Gasteiger partial charge in [0.25, 0.3) is 0 Å². The van der Waals surface area contributed by atoms with Crippen molar-refractivity contribution < 1.29 is 19.7 Å². The first-order chi connectivity index (χ1) is 15.9. The van der Waals surface area contributed by atoms with E-state index in [2.05, 4.69) is 0 Å². The van der Waals surface area contributed by atoms with E-state index in [4.69, 9.17) is 39.4 Å². The number of halogens is 2. The van der Waals surface area contributed by atoms with Crippen LogP contribution in [0.2, 0.25) is 0 Å². The maximum atomic E-state index is 13.5. The van der Waals surface area contributed by atoms with Crippen molar-refractivity contribution in [1.82, 2.24) is 4.90 Å². The van der Waals surface area contributed by atoms with Crippen LogP contribution >= 0.6 is 23.2 Å². The van der Waals surface area contributed by atoms with Crippen LogP contribution in [0.25, 0.3) is 0 Å². The Balaban J connectivity index is 2.55. The standard InChI is InChI=1S/C25H35Cl2N3O4/c1-25(2,3)34-24(33)30(20(22(31)14-26)12-16-4-8-18(28)9-5-16)21(23(32)15-27)13-17-6-10-19(29)11-7-17/h4-11,20-23,31-32H,12-15,28-29H2,1-3H3. The maximum Gasteiger partial charge on any atom is 0.410 e. The average Bonchev–Trinajstić information content (AvgIpc) is 2.78. The predicted octanol–water partition coefficient (Wildman–Crippen LogP) is 3.81. The van der Waals surface area contributed by atoms with E-state index in [-0.39, 0.29) is 24.6 Å². The first kappa shape index (κ1) is 28.1. The van der Waals surface area contributed by atoms with Crippen LogP contribution in [-0.2, 0) is 17.6 Å². The number of benzene rings is 2. The van der Waals surface area contributed by atoms with Crippen molar-refractivity contribution in [1.29, 1.82) is 0 Å². The zero-order chi connectivity index (χ0) is 25.5. The summed E-state index contributed by atoms with van der Waals surface area (Å²) >= 11 is 12.1. The van der Waals surface area contributed by atoms with Gasteiger partial charge in [-0.15, -0.1) is 23.2 Å². The fourth-order valence-corrected chi connectivity index (χ4v) is 4.08. The molecule has 0 radical (unpaired) electrons. The smallest absolute Gasteiger partial charge is 0.410 e. The molecule has 7 nitrogen and oxygen atoms in total. The van der Waals surface area contributed by atoms with E-state index in [1.54, 1.807) is 45.0 Å². The summed E-state index contributed by atoms with van der Waals surface area (Å²) in [6, 6.07) is 12.7. The van der Waals surface area contributed by atoms with Crippen LogP contribution in [-0.4, -0.2) is 62.9 Å². The van der Waals surface area contributed by atoms with Crippen LogP contribution in [0.3, 0.4) is 0 Å². The molecule has 0 saturated carbocycles. The van der Waals surface area contributed by atoms with Gasteiger partial charge < -0.3 is 26.4 Å². The van der Waals surface area contributed by atoms with Gasteiger partial charge in [-0.3, -0.25) is 4.90 Å². The van der Waals surface area contributed by atoms with Gasteiger partial charge in [0.2, 0.25) is 0 Å². The number of aliphatic hydroxyl groups excluding tert-OH is 2. The lowest BCUT2D eigenvalue weighted by atomic mass is 9.94. The molecule has 2 aromatic carbocycles. The van der Waals surface area contributed by atoms with Crippen LogP contribution in [0, 0.1) is 0 Å². The SMILES string of the molecule is CC(C)(C)OC(=O)N(C(Cc1ccc(N)cc1)C(O)CCl)C(Cc1ccc(N)cc1)C(O)CCl. The number of alkyl halides is 2. The summed E-state index contributed by atoms with van der Waals surface area (Å²) in [4.78, 5) is 14.9. The van der Waals surface area contributed by atoms with Gasteiger partial charge in [-0.2, -0.15) is 0 Å². The molecule has 0 heterocycles. The molecular formula is C25H35Cl2N3O4. The highest BCUT2D eigenvalue weighted by atomic mass is 35.5. The lowest BCUT2D eigenvalue weighted by Gasteiger charge is -2.42. The second kappa shape index (κ2) is 12.5. The van der Waals surface area contributed by atoms with Gasteiger partial charge in [-0.05, 0) is 69.0 Å². The summed E-state index contributed by atoms with van der Waals surface area (Å²) in [6.07, 6.45) is -2.34. The molecule has 1 amide bonds. The lowest BCUT2D eigenvalue weighted by molar-refractivity contribution is -0.0364. The zero-order valence-corrected chi connectivity index (χ0v) is 21.3. The van der Waals surface area contributed by atoms with Gasteiger partial charge in [0, 0.05) is 11.4 Å². The van der Waals surface area contributed by atoms with E-state index in [1.165, 1.54) is 4.90 Å². The number of nitrogens with two attached hydrogens (primary N) is 2. The fraction of sp³-hybridized carbons (Fsp3) is 0.480. The van der Waals surface area contributed by atoms with Crippen LogP contribution in [0.15, 0.2) is 48.5 Å². The Morgan fingerprint density at radius 2 is 1.21 bits per heavy atom. The van der Waals surface area contributed by atoms with E-state index in [1.807, 2.05) is 24.3 Å². The van der Waals surface area contributed by atoms with Gasteiger partial charge >= 0.3 is 6.09 Å². The molecule has 0 saturated heterocycles. The highest BCUT2D eigenvalue weighted by Gasteiger charge is 2.40. The topological polar surface area (TPSA) is 122 Å². The zero-order valence-electron chi connectivity index (χ0n) is 19.8. The van der Waals surface area contributed by atoms with Crippen molar-refractivity contribution in [3.8, 4) is 0 Å². The molecule has 4 unspecified atom stereocenters. The Hall–Kier alpha value is -2.19. The number of carbonyl (C=O) groups excluding carboxylic acids is 1. The van der Waals surface area contributed by atoms with E-state index in [0.29, 0.717) is 11.4 Å². The van der Waals surface area contributed by atoms with Crippen molar-refractivity contribution >= 4 is 40.7 Å². The Labute approximate surface area is 211 Å². The summed E-state index contributed by atoms with van der Waals surface area (Å²) < 4.78 is 5.70. The van der Waals surface area contributed by atoms with Crippen LogP contribution in [0.4, 0.5) is 16.2 Å². The molecule has 0 spiro atoms. The summed E-state index contributed by atoms with van der Waals surface area (Å²) in [6.45, 7) is 5.26.